The zero-order valence-electron chi connectivity index (χ0n) is 9.08. The third kappa shape index (κ3) is 8.19. The number of urea groups is 1. The van der Waals surface area contributed by atoms with Crippen LogP contribution in [0.15, 0.2) is 0 Å². The monoisotopic (exact) mass is 271 g/mol. The number of alkyl halides is 3. The number of carbonyl (C=O) groups excluding carboxylic acids is 2. The van der Waals surface area contributed by atoms with Gasteiger partial charge < -0.3 is 21.5 Å². The van der Waals surface area contributed by atoms with Crippen LogP contribution in [0.5, 0.6) is 0 Å². The first-order valence-electron chi connectivity index (χ1n) is 4.74. The van der Waals surface area contributed by atoms with E-state index in [0.717, 1.165) is 0 Å². The van der Waals surface area contributed by atoms with E-state index in [1.165, 1.54) is 5.32 Å². The van der Waals surface area contributed by atoms with Gasteiger partial charge in [0.1, 0.15) is 12.6 Å². The molecule has 0 saturated carbocycles. The van der Waals surface area contributed by atoms with Gasteiger partial charge in [-0.2, -0.15) is 13.2 Å². The molecule has 0 spiro atoms. The first kappa shape index (κ1) is 16.0. The van der Waals surface area contributed by atoms with Crippen molar-refractivity contribution in [2.75, 3.05) is 6.54 Å². The van der Waals surface area contributed by atoms with Crippen molar-refractivity contribution in [1.82, 2.24) is 10.6 Å². The zero-order chi connectivity index (χ0) is 14.3. The SMILES string of the molecule is NC(=O)CC[C@H](NC(=O)NCC(F)(F)F)C(=O)O. The van der Waals surface area contributed by atoms with Crippen molar-refractivity contribution in [2.24, 2.45) is 5.73 Å². The highest BCUT2D eigenvalue weighted by atomic mass is 19.4. The Bertz CT molecular complexity index is 332. The van der Waals surface area contributed by atoms with Crippen molar-refractivity contribution in [2.45, 2.75) is 25.1 Å². The Labute approximate surface area is 99.5 Å². The number of halogens is 3. The molecule has 7 nitrogen and oxygen atoms in total. The molecule has 0 unspecified atom stereocenters. The molecule has 0 heterocycles. The number of carbonyl (C=O) groups is 3. The van der Waals surface area contributed by atoms with Crippen LogP contribution < -0.4 is 16.4 Å². The maximum absolute atomic E-state index is 11.7. The molecule has 0 rings (SSSR count). The molecule has 5 N–H and O–H groups in total. The van der Waals surface area contributed by atoms with Gasteiger partial charge in [-0.1, -0.05) is 0 Å². The minimum absolute atomic E-state index is 0.301. The Morgan fingerprint density at radius 3 is 2.22 bits per heavy atom. The number of amides is 3. The number of primary amides is 1. The molecule has 0 aromatic heterocycles. The lowest BCUT2D eigenvalue weighted by molar-refractivity contribution is -0.139. The lowest BCUT2D eigenvalue weighted by Gasteiger charge is -2.15. The Kier molecular flexibility index (Phi) is 5.93. The minimum Gasteiger partial charge on any atom is -0.480 e. The molecule has 0 radical (unpaired) electrons. The smallest absolute Gasteiger partial charge is 0.405 e. The van der Waals surface area contributed by atoms with E-state index >= 15 is 0 Å². The van der Waals surface area contributed by atoms with Crippen LogP contribution in [-0.4, -0.2) is 41.8 Å². The fraction of sp³-hybridized carbons (Fsp3) is 0.625. The highest BCUT2D eigenvalue weighted by Gasteiger charge is 2.28. The molecular weight excluding hydrogens is 259 g/mol. The predicted octanol–water partition coefficient (Wildman–Crippen LogP) is -0.433. The standard InChI is InChI=1S/C8H12F3N3O4/c9-8(10,11)3-13-7(18)14-4(6(16)17)1-2-5(12)15/h4H,1-3H2,(H2,12,15)(H,16,17)(H2,13,14,18)/t4-/m0/s1. The largest absolute Gasteiger partial charge is 0.480 e. The van der Waals surface area contributed by atoms with Crippen LogP contribution in [-0.2, 0) is 9.59 Å². The molecule has 0 bridgehead atoms. The molecule has 0 aliphatic carbocycles. The summed E-state index contributed by atoms with van der Waals surface area (Å²) in [6.07, 6.45) is -5.20. The van der Waals surface area contributed by atoms with Crippen LogP contribution in [0.2, 0.25) is 0 Å². The van der Waals surface area contributed by atoms with Gasteiger partial charge in [0.05, 0.1) is 0 Å². The van der Waals surface area contributed by atoms with E-state index in [0.29, 0.717) is 0 Å². The number of hydrogen-bond donors (Lipinski definition) is 4. The molecule has 0 saturated heterocycles. The number of hydrogen-bond acceptors (Lipinski definition) is 3. The van der Waals surface area contributed by atoms with Crippen molar-refractivity contribution in [3.63, 3.8) is 0 Å². The van der Waals surface area contributed by atoms with Gasteiger partial charge in [0.15, 0.2) is 0 Å². The van der Waals surface area contributed by atoms with Gasteiger partial charge in [0.2, 0.25) is 5.91 Å². The van der Waals surface area contributed by atoms with Gasteiger partial charge in [-0.15, -0.1) is 0 Å². The van der Waals surface area contributed by atoms with E-state index in [1.807, 2.05) is 0 Å². The highest BCUT2D eigenvalue weighted by Crippen LogP contribution is 2.11. The van der Waals surface area contributed by atoms with Crippen LogP contribution in [0.4, 0.5) is 18.0 Å². The van der Waals surface area contributed by atoms with Crippen LogP contribution in [0.25, 0.3) is 0 Å². The average molecular weight is 271 g/mol. The number of rotatable bonds is 6. The number of carboxylic acid groups (broad SMARTS) is 1. The summed E-state index contributed by atoms with van der Waals surface area (Å²) >= 11 is 0. The normalized spacial score (nSPS) is 12.6. The topological polar surface area (TPSA) is 122 Å². The molecule has 0 aromatic rings. The van der Waals surface area contributed by atoms with Crippen molar-refractivity contribution in [3.05, 3.63) is 0 Å². The zero-order valence-corrected chi connectivity index (χ0v) is 9.08. The van der Waals surface area contributed by atoms with Crippen molar-refractivity contribution >= 4 is 17.9 Å². The summed E-state index contributed by atoms with van der Waals surface area (Å²) in [7, 11) is 0. The summed E-state index contributed by atoms with van der Waals surface area (Å²) in [4.78, 5) is 32.0. The van der Waals surface area contributed by atoms with Crippen LogP contribution in [0.1, 0.15) is 12.8 Å². The fourth-order valence-corrected chi connectivity index (χ4v) is 0.934. The van der Waals surface area contributed by atoms with Crippen molar-refractivity contribution in [3.8, 4) is 0 Å². The molecule has 18 heavy (non-hydrogen) atoms. The second-order valence-electron chi connectivity index (χ2n) is 3.34. The van der Waals surface area contributed by atoms with Crippen LogP contribution in [0.3, 0.4) is 0 Å². The number of aliphatic carboxylic acids is 1. The maximum Gasteiger partial charge on any atom is 0.405 e. The van der Waals surface area contributed by atoms with E-state index in [-0.39, 0.29) is 12.8 Å². The summed E-state index contributed by atoms with van der Waals surface area (Å²) in [5.41, 5.74) is 4.78. The van der Waals surface area contributed by atoms with Gasteiger partial charge in [-0.3, -0.25) is 4.79 Å². The van der Waals surface area contributed by atoms with E-state index in [4.69, 9.17) is 10.8 Å². The Morgan fingerprint density at radius 2 is 1.83 bits per heavy atom. The summed E-state index contributed by atoms with van der Waals surface area (Å²) in [5.74, 6) is -2.25. The molecule has 10 heteroatoms. The van der Waals surface area contributed by atoms with E-state index in [2.05, 4.69) is 0 Å². The Hall–Kier alpha value is -2.00. The maximum atomic E-state index is 11.7. The van der Waals surface area contributed by atoms with Gasteiger partial charge in [0.25, 0.3) is 0 Å². The van der Waals surface area contributed by atoms with Gasteiger partial charge in [0, 0.05) is 6.42 Å². The first-order chi connectivity index (χ1) is 8.11. The molecule has 0 aliphatic heterocycles. The average Bonchev–Trinajstić information content (AvgIpc) is 2.19. The molecule has 0 aromatic carbocycles. The summed E-state index contributed by atoms with van der Waals surface area (Å²) in [5, 5.41) is 11.9. The third-order valence-corrected chi connectivity index (χ3v) is 1.73. The second-order valence-corrected chi connectivity index (χ2v) is 3.34. The predicted molar refractivity (Wildman–Crippen MR) is 52.4 cm³/mol. The second kappa shape index (κ2) is 6.67. The van der Waals surface area contributed by atoms with Gasteiger partial charge >= 0.3 is 18.2 Å². The van der Waals surface area contributed by atoms with Gasteiger partial charge in [-0.25, -0.2) is 9.59 Å². The van der Waals surface area contributed by atoms with Crippen molar-refractivity contribution in [1.29, 1.82) is 0 Å². The van der Waals surface area contributed by atoms with Crippen LogP contribution in [0, 0.1) is 0 Å². The number of carboxylic acids is 1. The molecule has 0 fully saturated rings. The summed E-state index contributed by atoms with van der Waals surface area (Å²) < 4.78 is 35.2. The van der Waals surface area contributed by atoms with E-state index < -0.39 is 36.7 Å². The fourth-order valence-electron chi connectivity index (χ4n) is 0.934. The summed E-state index contributed by atoms with van der Waals surface area (Å²) in [6.45, 7) is -1.58. The quantitative estimate of drug-likeness (QED) is 0.523. The highest BCUT2D eigenvalue weighted by molar-refractivity contribution is 5.83. The molecule has 3 amide bonds. The van der Waals surface area contributed by atoms with E-state index in [9.17, 15) is 27.6 Å². The van der Waals surface area contributed by atoms with Crippen LogP contribution >= 0.6 is 0 Å². The first-order valence-corrected chi connectivity index (χ1v) is 4.74. The molecule has 1 atom stereocenters. The Balaban J connectivity index is 4.20. The van der Waals surface area contributed by atoms with Crippen molar-refractivity contribution < 1.29 is 32.7 Å². The number of nitrogens with one attached hydrogen (secondary N) is 2. The minimum atomic E-state index is -4.59. The lowest BCUT2D eigenvalue weighted by Crippen LogP contribution is -2.48. The van der Waals surface area contributed by atoms with Gasteiger partial charge in [-0.05, 0) is 6.42 Å². The summed E-state index contributed by atoms with van der Waals surface area (Å²) in [6, 6.07) is -2.77. The van der Waals surface area contributed by atoms with E-state index in [1.54, 1.807) is 5.32 Å². The molecular formula is C8H12F3N3O4. The molecule has 0 aliphatic rings. The lowest BCUT2D eigenvalue weighted by atomic mass is 10.1. The third-order valence-electron chi connectivity index (χ3n) is 1.73. The number of nitrogens with two attached hydrogens (primary N) is 1. The molecule has 104 valence electrons. The Morgan fingerprint density at radius 1 is 1.28 bits per heavy atom.